The van der Waals surface area contributed by atoms with E-state index in [2.05, 4.69) is 15.6 Å². The molecule has 8 rings (SSSR count). The number of aliphatic hydroxyl groups excluding tert-OH is 2. The van der Waals surface area contributed by atoms with Crippen LogP contribution in [0, 0.1) is 58.7 Å². The molecule has 15 atom stereocenters. The fraction of sp³-hybridized carbons (Fsp3) is 0.646. The Morgan fingerprint density at radius 2 is 1.45 bits per heavy atom. The second-order valence-electron chi connectivity index (χ2n) is 28.3. The van der Waals surface area contributed by atoms with Gasteiger partial charge in [0.2, 0.25) is 41.4 Å². The van der Waals surface area contributed by atoms with Crippen molar-refractivity contribution in [3.05, 3.63) is 63.9 Å². The van der Waals surface area contributed by atoms with Crippen molar-refractivity contribution in [1.29, 1.82) is 0 Å². The van der Waals surface area contributed by atoms with Crippen molar-refractivity contribution < 1.29 is 83.8 Å². The Morgan fingerprint density at radius 1 is 0.832 bits per heavy atom. The van der Waals surface area contributed by atoms with Gasteiger partial charge in [0.1, 0.15) is 18.3 Å². The van der Waals surface area contributed by atoms with Crippen LogP contribution in [0.4, 0.5) is 0 Å². The van der Waals surface area contributed by atoms with Crippen LogP contribution in [-0.4, -0.2) is 134 Å². The molecule has 0 saturated carbocycles. The Labute approximate surface area is 564 Å². The third-order valence-electron chi connectivity index (χ3n) is 21.9. The predicted molar refractivity (Wildman–Crippen MR) is 349 cm³/mol. The first-order valence-corrected chi connectivity index (χ1v) is 33.6. The summed E-state index contributed by atoms with van der Waals surface area (Å²) < 4.78 is 32.0. The second-order valence-corrected chi connectivity index (χ2v) is 29.6. The van der Waals surface area contributed by atoms with Crippen LogP contribution in [0.1, 0.15) is 163 Å². The van der Waals surface area contributed by atoms with E-state index in [0.29, 0.717) is 69.2 Å². The van der Waals surface area contributed by atoms with Gasteiger partial charge in [-0.05, 0) is 127 Å². The molecule has 1 radical (unpaired) electrons. The first-order valence-electron chi connectivity index (χ1n) is 32.2. The fourth-order valence-corrected chi connectivity index (χ4v) is 17.6. The number of phosphoric ester groups is 1. The SMILES string of the molecule is C/C1=C2N=C(/C=C3\N/C(=C(/C)C4=NC(C)(C5N=C1[C@](C)(CCC(=O)NCC(C)OP(=O)([O-])O[C@@H]1[C@@H](O)[C@@H](n6cnc7cc(C)c(C)cc76)O[C@@H]1CO)C5CC(N)=O)[C@@](C)(CC(N)=O)[C@@H]4CCC(N)=O)[C@@](C)(CC(N)=O)[C@]3(CCCN)CCC(N)=O)C(C)(C)[C@@H]/2CCC(N)=O.[Co]. The van der Waals surface area contributed by atoms with Gasteiger partial charge < -0.3 is 84.2 Å². The molecule has 7 amide bonds. The van der Waals surface area contributed by atoms with Gasteiger partial charge in [-0.25, -0.2) is 4.98 Å². The number of aromatic nitrogens is 2. The van der Waals surface area contributed by atoms with Crippen LogP contribution < -0.4 is 55.7 Å². The maximum Gasteiger partial charge on any atom is 0.268 e. The number of fused-ring (bicyclic) bond motifs is 7. The number of imidazole rings is 1. The van der Waals surface area contributed by atoms with E-state index in [9.17, 15) is 53.2 Å². The Hall–Kier alpha value is -6.53. The molecule has 0 aliphatic carbocycles. The zero-order valence-electron chi connectivity index (χ0n) is 56.2. The van der Waals surface area contributed by atoms with Crippen LogP contribution in [0.5, 0.6) is 0 Å². The van der Waals surface area contributed by atoms with E-state index in [1.54, 1.807) is 0 Å². The zero-order valence-corrected chi connectivity index (χ0v) is 58.1. The number of carbonyl (C=O) groups is 7. The maximum absolute atomic E-state index is 14.4. The molecule has 2 fully saturated rings. The molecular formula is C65H96CoN14O14P-. The first kappa shape index (κ1) is 75.8. The quantitative estimate of drug-likeness (QED) is 0.0522. The fourth-order valence-electron chi connectivity index (χ4n) is 16.4. The average Bonchev–Trinajstić information content (AvgIpc) is 1.54. The number of hydrogen-bond donors (Lipinski definition) is 11. The number of primary amides is 6. The van der Waals surface area contributed by atoms with Gasteiger partial charge in [-0.2, -0.15) is 0 Å². The van der Waals surface area contributed by atoms with Crippen molar-refractivity contribution >= 4 is 77.3 Å². The van der Waals surface area contributed by atoms with Crippen LogP contribution in [0.25, 0.3) is 11.0 Å². The molecule has 5 unspecified atom stereocenters. The van der Waals surface area contributed by atoms with Crippen molar-refractivity contribution in [3.63, 3.8) is 0 Å². The number of aryl methyl sites for hydroxylation is 2. The van der Waals surface area contributed by atoms with E-state index in [1.165, 1.54) is 17.8 Å². The van der Waals surface area contributed by atoms with Gasteiger partial charge in [-0.3, -0.25) is 53.1 Å². The predicted octanol–water partition coefficient (Wildman–Crippen LogP) is 2.64. The number of rotatable bonds is 29. The van der Waals surface area contributed by atoms with E-state index in [4.69, 9.17) is 68.9 Å². The summed E-state index contributed by atoms with van der Waals surface area (Å²) in [6.07, 6.45) is -4.08. The van der Waals surface area contributed by atoms with E-state index in [0.717, 1.165) is 11.1 Å². The number of aliphatic hydroxyl groups is 2. The van der Waals surface area contributed by atoms with Crippen molar-refractivity contribution in [1.82, 2.24) is 20.2 Å². The molecule has 2 aromatic rings. The molecule has 28 nitrogen and oxygen atoms in total. The average molecular weight is 1390 g/mol. The summed E-state index contributed by atoms with van der Waals surface area (Å²) in [5.41, 5.74) is 42.6. The smallest absolute Gasteiger partial charge is 0.268 e. The maximum atomic E-state index is 14.4. The summed E-state index contributed by atoms with van der Waals surface area (Å²) in [7, 11) is -5.33. The number of nitrogens with one attached hydrogen (secondary N) is 2. The van der Waals surface area contributed by atoms with Crippen LogP contribution >= 0.6 is 7.82 Å². The van der Waals surface area contributed by atoms with E-state index in [1.807, 2.05) is 87.4 Å². The molecular weight excluding hydrogens is 1290 g/mol. The number of allylic oxidation sites excluding steroid dienone is 6. The van der Waals surface area contributed by atoms with Gasteiger partial charge in [0.05, 0.1) is 41.7 Å². The number of aliphatic imine (C=N–C) groups is 3. The van der Waals surface area contributed by atoms with Crippen molar-refractivity contribution in [2.75, 3.05) is 19.7 Å². The largest absolute Gasteiger partial charge is 0.756 e. The molecule has 18 N–H and O–H groups in total. The summed E-state index contributed by atoms with van der Waals surface area (Å²) in [5.74, 6) is -6.79. The number of ether oxygens (including phenoxy) is 1. The number of nitrogens with zero attached hydrogens (tertiary/aromatic N) is 5. The number of amides is 7. The molecule has 30 heteroatoms. The molecule has 95 heavy (non-hydrogen) atoms. The number of nitrogens with two attached hydrogens (primary N) is 7. The number of hydrogen-bond acceptors (Lipinski definition) is 20. The zero-order chi connectivity index (χ0) is 69.7. The van der Waals surface area contributed by atoms with Gasteiger partial charge in [-0.1, -0.05) is 34.6 Å². The number of benzene rings is 1. The minimum absolute atomic E-state index is 0. The second kappa shape index (κ2) is 28.5. The normalized spacial score (nSPS) is 33.7. The van der Waals surface area contributed by atoms with Crippen LogP contribution in [0.2, 0.25) is 0 Å². The summed E-state index contributed by atoms with van der Waals surface area (Å²) in [6, 6.07) is 2.64. The minimum Gasteiger partial charge on any atom is -0.756 e. The van der Waals surface area contributed by atoms with Crippen molar-refractivity contribution in [3.8, 4) is 0 Å². The van der Waals surface area contributed by atoms with E-state index >= 15 is 0 Å². The van der Waals surface area contributed by atoms with Crippen LogP contribution in [-0.2, 0) is 68.7 Å². The van der Waals surface area contributed by atoms with Gasteiger partial charge >= 0.3 is 0 Å². The standard InChI is InChI=1S/C65H97N14O14P.Co/c1-32-23-40-41(24-33(32)2)79(31-74-40)59-54(88)55(42(30-80)91-59)93-94(89,90)92-34(3)29-73-51(87)18-20-61(8)39(25-48(70)84)58-64(11)62(9,27-49(71)85)38(14-16-46(68)82)53(78-64)36(5)57-63(10,28-50(72)86)65(19-12-22-66,21-17-47(69)83)44(76-57)26-43-60(6,7)37(13-15-45(67)81)52(75-43)35(4)56(61)77-58;/h23-24,26,31,34,37-39,42,54-55,58-59,76,80,88H,12-22,25,27-30,66H2,1-11H3,(H2,67,81)(H2,68,82)(H2,69,83)(H2,70,84)(H2,71,85)(H2,72,86)(H,73,87)(H,89,90);/p-1/b44-26-,52-35-,57-36-;/t34?,37-,38-,39?,42-,54-,55+,58?,59+,61-,62+,63-,64?,65-;/m1./s1. The van der Waals surface area contributed by atoms with Gasteiger partial charge in [-0.15, -0.1) is 0 Å². The minimum atomic E-state index is -5.33. The summed E-state index contributed by atoms with van der Waals surface area (Å²) >= 11 is 0. The summed E-state index contributed by atoms with van der Waals surface area (Å²) in [4.78, 5) is 130. The number of phosphoric acid groups is 1. The molecule has 7 heterocycles. The topological polar surface area (TPSA) is 489 Å². The Morgan fingerprint density at radius 3 is 2.04 bits per heavy atom. The molecule has 6 aliphatic heterocycles. The van der Waals surface area contributed by atoms with Crippen molar-refractivity contribution in [2.45, 2.75) is 202 Å². The third kappa shape index (κ3) is 14.3. The molecule has 8 bridgehead atoms. The van der Waals surface area contributed by atoms with Gasteiger partial charge in [0.15, 0.2) is 6.23 Å². The Kier molecular flexibility index (Phi) is 22.8. The summed E-state index contributed by atoms with van der Waals surface area (Å²) in [5, 5.41) is 28.3. The van der Waals surface area contributed by atoms with Gasteiger partial charge in [0.25, 0.3) is 7.82 Å². The number of carbonyl (C=O) groups excluding carboxylic acids is 7. The van der Waals surface area contributed by atoms with E-state index in [-0.39, 0.29) is 100 Å². The van der Waals surface area contributed by atoms with E-state index < -0.39 is 143 Å². The molecule has 1 aromatic heterocycles. The first-order chi connectivity index (χ1) is 43.8. The molecule has 0 spiro atoms. The summed E-state index contributed by atoms with van der Waals surface area (Å²) in [6.45, 7) is 19.4. The third-order valence-corrected chi connectivity index (χ3v) is 23.0. The molecule has 1 aromatic carbocycles. The van der Waals surface area contributed by atoms with Crippen LogP contribution in [0.15, 0.2) is 67.8 Å². The van der Waals surface area contributed by atoms with Crippen LogP contribution in [0.3, 0.4) is 0 Å². The molecule has 525 valence electrons. The van der Waals surface area contributed by atoms with Gasteiger partial charge in [0, 0.05) is 147 Å². The Bertz CT molecular complexity index is 3660. The Balaban J connectivity index is 0.0000128. The molecule has 2 saturated heterocycles. The monoisotopic (exact) mass is 1390 g/mol. The van der Waals surface area contributed by atoms with Crippen molar-refractivity contribution in [2.24, 2.45) is 99.9 Å². The molecule has 6 aliphatic rings.